The Hall–Kier alpha value is -3.03. The van der Waals surface area contributed by atoms with Gasteiger partial charge in [0.2, 0.25) is 0 Å². The number of ether oxygens (including phenoxy) is 3. The van der Waals surface area contributed by atoms with Gasteiger partial charge in [-0.2, -0.15) is 0 Å². The molecule has 2 heterocycles. The molecule has 1 fully saturated rings. The van der Waals surface area contributed by atoms with Crippen LogP contribution in [0.15, 0.2) is 42.6 Å². The smallest absolute Gasteiger partial charge is 0.419 e. The Morgan fingerprint density at radius 3 is 2.51 bits per heavy atom. The monoisotopic (exact) mass is 498 g/mol. The molecule has 0 saturated carbocycles. The fraction of sp³-hybridized carbons (Fsp3) is 0.407. The van der Waals surface area contributed by atoms with Gasteiger partial charge in [-0.05, 0) is 76.1 Å². The van der Waals surface area contributed by atoms with E-state index in [1.54, 1.807) is 18.3 Å². The molecule has 2 aromatic carbocycles. The van der Waals surface area contributed by atoms with Crippen molar-refractivity contribution in [3.63, 3.8) is 0 Å². The maximum Gasteiger partial charge on any atom is 0.419 e. The molecule has 35 heavy (non-hydrogen) atoms. The van der Waals surface area contributed by atoms with Crippen molar-refractivity contribution in [2.24, 2.45) is 0 Å². The van der Waals surface area contributed by atoms with Gasteiger partial charge >= 0.3 is 12.1 Å². The van der Waals surface area contributed by atoms with Crippen LogP contribution in [0.5, 0.6) is 5.75 Å². The highest BCUT2D eigenvalue weighted by molar-refractivity contribution is 6.33. The predicted molar refractivity (Wildman–Crippen MR) is 136 cm³/mol. The standard InChI is InChI=1S/C27H31ClN2O5/c1-16-14-21(28)24(19-11-13-30(23(16)19)26(32)35-27(2,3)4)34-22-10-12-29-15-20(22)17-6-8-18(9-7-17)25(31)33-5/h6-9,11,13-14,20,22,29H,10,12,15H2,1-5H3/t20-,22+/m0/s1. The van der Waals surface area contributed by atoms with Crippen LogP contribution in [0.4, 0.5) is 4.79 Å². The van der Waals surface area contributed by atoms with Crippen molar-refractivity contribution in [1.82, 2.24) is 9.88 Å². The van der Waals surface area contributed by atoms with Crippen LogP contribution in [0.3, 0.4) is 0 Å². The number of carbonyl (C=O) groups excluding carboxylic acids is 2. The highest BCUT2D eigenvalue weighted by Gasteiger charge is 2.30. The number of nitrogens with zero attached hydrogens (tertiary/aromatic N) is 1. The molecule has 1 aliphatic heterocycles. The SMILES string of the molecule is COC(=O)c1ccc([C@@H]2CNCC[C@H]2Oc2c(Cl)cc(C)c3c2ccn3C(=O)OC(C)(C)C)cc1. The number of hydrogen-bond acceptors (Lipinski definition) is 6. The lowest BCUT2D eigenvalue weighted by atomic mass is 9.88. The minimum atomic E-state index is -0.612. The first-order chi connectivity index (χ1) is 16.6. The largest absolute Gasteiger partial charge is 0.487 e. The Bertz CT molecular complexity index is 1240. The topological polar surface area (TPSA) is 78.8 Å². The Labute approximate surface area is 210 Å². The van der Waals surface area contributed by atoms with Crippen molar-refractivity contribution in [2.75, 3.05) is 20.2 Å². The fourth-order valence-electron chi connectivity index (χ4n) is 4.50. The Morgan fingerprint density at radius 1 is 1.14 bits per heavy atom. The molecule has 186 valence electrons. The van der Waals surface area contributed by atoms with E-state index in [2.05, 4.69) is 5.32 Å². The average Bonchev–Trinajstić information content (AvgIpc) is 3.26. The second-order valence-corrected chi connectivity index (χ2v) is 10.2. The van der Waals surface area contributed by atoms with E-state index in [0.717, 1.165) is 36.0 Å². The molecule has 3 aromatic rings. The lowest BCUT2D eigenvalue weighted by Crippen LogP contribution is -2.41. The van der Waals surface area contributed by atoms with E-state index in [1.807, 2.05) is 52.0 Å². The molecule has 0 spiro atoms. The van der Waals surface area contributed by atoms with Crippen molar-refractivity contribution in [3.8, 4) is 5.75 Å². The molecule has 0 unspecified atom stereocenters. The zero-order chi connectivity index (χ0) is 25.3. The average molecular weight is 499 g/mol. The summed E-state index contributed by atoms with van der Waals surface area (Å²) in [4.78, 5) is 24.6. The maximum atomic E-state index is 12.8. The summed E-state index contributed by atoms with van der Waals surface area (Å²) >= 11 is 6.67. The summed E-state index contributed by atoms with van der Waals surface area (Å²) in [6, 6.07) is 11.1. The Kier molecular flexibility index (Phi) is 7.10. The molecule has 0 aliphatic carbocycles. The molecular weight excluding hydrogens is 468 g/mol. The van der Waals surface area contributed by atoms with E-state index >= 15 is 0 Å². The van der Waals surface area contributed by atoms with Crippen molar-refractivity contribution in [3.05, 3.63) is 64.3 Å². The number of piperidine rings is 1. The fourth-order valence-corrected chi connectivity index (χ4v) is 4.81. The third kappa shape index (κ3) is 5.31. The number of rotatable bonds is 4. The summed E-state index contributed by atoms with van der Waals surface area (Å²) in [6.07, 6.45) is 1.88. The number of halogens is 1. The minimum absolute atomic E-state index is 0.0517. The first-order valence-corrected chi connectivity index (χ1v) is 12.1. The second kappa shape index (κ2) is 9.91. The Morgan fingerprint density at radius 2 is 1.86 bits per heavy atom. The van der Waals surface area contributed by atoms with E-state index in [1.165, 1.54) is 11.7 Å². The van der Waals surface area contributed by atoms with Gasteiger partial charge in [0.05, 0.1) is 23.2 Å². The van der Waals surface area contributed by atoms with E-state index < -0.39 is 11.7 Å². The number of methoxy groups -OCH3 is 1. The van der Waals surface area contributed by atoms with Crippen LogP contribution in [0, 0.1) is 6.92 Å². The van der Waals surface area contributed by atoms with E-state index in [-0.39, 0.29) is 18.0 Å². The molecular formula is C27H31ClN2O5. The molecule has 1 aliphatic rings. The van der Waals surface area contributed by atoms with E-state index in [4.69, 9.17) is 25.8 Å². The van der Waals surface area contributed by atoms with Gasteiger partial charge in [0.1, 0.15) is 17.5 Å². The number of nitrogens with one attached hydrogen (secondary N) is 1. The summed E-state index contributed by atoms with van der Waals surface area (Å²) in [5, 5.41) is 4.69. The van der Waals surface area contributed by atoms with Gasteiger partial charge in [-0.1, -0.05) is 23.7 Å². The molecule has 8 heteroatoms. The molecule has 4 rings (SSSR count). The number of aromatic nitrogens is 1. The van der Waals surface area contributed by atoms with Crippen LogP contribution in [0.1, 0.15) is 54.6 Å². The molecule has 1 aromatic heterocycles. The molecule has 1 N–H and O–H groups in total. The van der Waals surface area contributed by atoms with Gasteiger partial charge in [0.25, 0.3) is 0 Å². The summed E-state index contributed by atoms with van der Waals surface area (Å²) in [6.45, 7) is 8.97. The van der Waals surface area contributed by atoms with Crippen LogP contribution in [0.2, 0.25) is 5.02 Å². The number of hydrogen-bond donors (Lipinski definition) is 1. The predicted octanol–water partition coefficient (Wildman–Crippen LogP) is 5.70. The summed E-state index contributed by atoms with van der Waals surface area (Å²) < 4.78 is 18.5. The molecule has 7 nitrogen and oxygen atoms in total. The van der Waals surface area contributed by atoms with Gasteiger partial charge in [-0.15, -0.1) is 0 Å². The normalized spacial score (nSPS) is 18.3. The lowest BCUT2D eigenvalue weighted by Gasteiger charge is -2.33. The second-order valence-electron chi connectivity index (χ2n) is 9.80. The summed E-state index contributed by atoms with van der Waals surface area (Å²) in [5.74, 6) is 0.239. The molecule has 1 saturated heterocycles. The number of esters is 1. The highest BCUT2D eigenvalue weighted by Crippen LogP contribution is 2.39. The minimum Gasteiger partial charge on any atom is -0.487 e. The van der Waals surface area contributed by atoms with Crippen LogP contribution in [0.25, 0.3) is 10.9 Å². The maximum absolute atomic E-state index is 12.8. The number of aryl methyl sites for hydroxylation is 1. The quantitative estimate of drug-likeness (QED) is 0.465. The number of fused-ring (bicyclic) bond motifs is 1. The summed E-state index contributed by atoms with van der Waals surface area (Å²) in [5.41, 5.74) is 2.52. The van der Waals surface area contributed by atoms with Crippen molar-refractivity contribution >= 4 is 34.6 Å². The highest BCUT2D eigenvalue weighted by atomic mass is 35.5. The van der Waals surface area contributed by atoms with E-state index in [9.17, 15) is 9.59 Å². The van der Waals surface area contributed by atoms with Crippen molar-refractivity contribution < 1.29 is 23.8 Å². The number of benzene rings is 2. The summed E-state index contributed by atoms with van der Waals surface area (Å²) in [7, 11) is 1.37. The van der Waals surface area contributed by atoms with Gasteiger partial charge in [0, 0.05) is 24.0 Å². The van der Waals surface area contributed by atoms with Crippen LogP contribution in [-0.4, -0.2) is 48.5 Å². The number of carbonyl (C=O) groups is 2. The first-order valence-electron chi connectivity index (χ1n) is 11.7. The Balaban J connectivity index is 1.67. The van der Waals surface area contributed by atoms with Gasteiger partial charge < -0.3 is 19.5 Å². The third-order valence-electron chi connectivity index (χ3n) is 6.10. The first kappa shape index (κ1) is 25.1. The third-order valence-corrected chi connectivity index (χ3v) is 6.38. The van der Waals surface area contributed by atoms with Gasteiger partial charge in [-0.25, -0.2) is 9.59 Å². The van der Waals surface area contributed by atoms with Crippen molar-refractivity contribution in [2.45, 2.75) is 51.7 Å². The molecule has 0 amide bonds. The molecule has 0 radical (unpaired) electrons. The van der Waals surface area contributed by atoms with Crippen LogP contribution >= 0.6 is 11.6 Å². The van der Waals surface area contributed by atoms with Gasteiger partial charge in [0.15, 0.2) is 0 Å². The molecule has 0 bridgehead atoms. The van der Waals surface area contributed by atoms with Crippen molar-refractivity contribution in [1.29, 1.82) is 0 Å². The molecule has 2 atom stereocenters. The van der Waals surface area contributed by atoms with E-state index in [0.29, 0.717) is 21.9 Å². The van der Waals surface area contributed by atoms with Crippen LogP contribution in [-0.2, 0) is 9.47 Å². The lowest BCUT2D eigenvalue weighted by molar-refractivity contribution is 0.0542. The van der Waals surface area contributed by atoms with Crippen LogP contribution < -0.4 is 10.1 Å². The zero-order valence-electron chi connectivity index (χ0n) is 20.7. The van der Waals surface area contributed by atoms with Gasteiger partial charge in [-0.3, -0.25) is 4.57 Å². The zero-order valence-corrected chi connectivity index (χ0v) is 21.4.